The second-order valence-corrected chi connectivity index (χ2v) is 8.46. The minimum absolute atomic E-state index is 0.0721. The number of carbonyl (C=O) groups excluding carboxylic acids is 1. The standard InChI is InChI=1S/C27H25NO3/c1-17-4-8-20(9-5-17)12-24-25(29)23-13-22-15-28(14-21-10-6-18(2)7-11-21)16-30-26(22)19(3)27(23)31-24/h4-13H,14-16H2,1-3H3/b24-12-. The van der Waals surface area contributed by atoms with Gasteiger partial charge in [0.15, 0.2) is 5.76 Å². The smallest absolute Gasteiger partial charge is 0.231 e. The van der Waals surface area contributed by atoms with Gasteiger partial charge in [0.1, 0.15) is 18.2 Å². The molecular formula is C27H25NO3. The third-order valence-corrected chi connectivity index (χ3v) is 5.90. The van der Waals surface area contributed by atoms with Crippen LogP contribution in [0.3, 0.4) is 0 Å². The van der Waals surface area contributed by atoms with E-state index in [1.54, 1.807) is 0 Å². The number of allylic oxidation sites excluding steroid dienone is 1. The van der Waals surface area contributed by atoms with Crippen molar-refractivity contribution in [3.05, 3.63) is 99.3 Å². The number of ketones is 1. The molecule has 3 aromatic rings. The molecule has 0 saturated carbocycles. The summed E-state index contributed by atoms with van der Waals surface area (Å²) in [5, 5.41) is 0. The molecule has 0 amide bonds. The van der Waals surface area contributed by atoms with Crippen LogP contribution in [-0.2, 0) is 13.1 Å². The van der Waals surface area contributed by atoms with E-state index in [0.717, 1.165) is 35.5 Å². The molecule has 0 atom stereocenters. The molecule has 0 aliphatic carbocycles. The van der Waals surface area contributed by atoms with Crippen LogP contribution in [-0.4, -0.2) is 17.4 Å². The largest absolute Gasteiger partial charge is 0.477 e. The van der Waals surface area contributed by atoms with Crippen LogP contribution in [0.5, 0.6) is 11.5 Å². The summed E-state index contributed by atoms with van der Waals surface area (Å²) in [5.74, 6) is 1.75. The summed E-state index contributed by atoms with van der Waals surface area (Å²) < 4.78 is 12.1. The molecule has 156 valence electrons. The Bertz CT molecular complexity index is 1190. The molecule has 0 spiro atoms. The van der Waals surface area contributed by atoms with Gasteiger partial charge < -0.3 is 9.47 Å². The van der Waals surface area contributed by atoms with Gasteiger partial charge in [0.05, 0.1) is 5.56 Å². The monoisotopic (exact) mass is 411 g/mol. The van der Waals surface area contributed by atoms with Gasteiger partial charge in [0.2, 0.25) is 5.78 Å². The molecule has 0 aromatic heterocycles. The molecule has 4 nitrogen and oxygen atoms in total. The fourth-order valence-corrected chi connectivity index (χ4v) is 4.16. The van der Waals surface area contributed by atoms with E-state index in [-0.39, 0.29) is 5.78 Å². The van der Waals surface area contributed by atoms with Crippen LogP contribution in [0.1, 0.15) is 43.7 Å². The first-order chi connectivity index (χ1) is 15.0. The van der Waals surface area contributed by atoms with Crippen molar-refractivity contribution in [1.29, 1.82) is 0 Å². The number of hydrogen-bond donors (Lipinski definition) is 0. The number of fused-ring (bicyclic) bond motifs is 2. The van der Waals surface area contributed by atoms with Crippen LogP contribution in [0, 0.1) is 20.8 Å². The highest BCUT2D eigenvalue weighted by Crippen LogP contribution is 2.43. The summed E-state index contributed by atoms with van der Waals surface area (Å²) in [6.07, 6.45) is 1.81. The molecule has 0 bridgehead atoms. The SMILES string of the molecule is Cc1ccc(/C=C2\Oc3c(cc4c(c3C)OCN(Cc3ccc(C)cc3)C4)C2=O)cc1. The van der Waals surface area contributed by atoms with Crippen molar-refractivity contribution < 1.29 is 14.3 Å². The van der Waals surface area contributed by atoms with E-state index in [2.05, 4.69) is 36.1 Å². The van der Waals surface area contributed by atoms with E-state index in [4.69, 9.17) is 9.47 Å². The first-order valence-corrected chi connectivity index (χ1v) is 10.6. The highest BCUT2D eigenvalue weighted by Gasteiger charge is 2.33. The number of carbonyl (C=O) groups is 1. The molecule has 0 N–H and O–H groups in total. The molecule has 5 rings (SSSR count). The number of hydrogen-bond acceptors (Lipinski definition) is 4. The summed E-state index contributed by atoms with van der Waals surface area (Å²) in [7, 11) is 0. The third kappa shape index (κ3) is 3.75. The van der Waals surface area contributed by atoms with Crippen molar-refractivity contribution in [2.75, 3.05) is 6.73 Å². The maximum atomic E-state index is 13.1. The van der Waals surface area contributed by atoms with Gasteiger partial charge in [-0.15, -0.1) is 0 Å². The zero-order valence-corrected chi connectivity index (χ0v) is 18.1. The molecule has 0 radical (unpaired) electrons. The zero-order chi connectivity index (χ0) is 21.5. The third-order valence-electron chi connectivity index (χ3n) is 5.90. The lowest BCUT2D eigenvalue weighted by atomic mass is 9.99. The lowest BCUT2D eigenvalue weighted by molar-refractivity contribution is 0.0876. The highest BCUT2D eigenvalue weighted by molar-refractivity contribution is 6.15. The second-order valence-electron chi connectivity index (χ2n) is 8.46. The van der Waals surface area contributed by atoms with Gasteiger partial charge in [0, 0.05) is 24.2 Å². The van der Waals surface area contributed by atoms with Gasteiger partial charge in [-0.3, -0.25) is 9.69 Å². The number of ether oxygens (including phenoxy) is 2. The van der Waals surface area contributed by atoms with E-state index >= 15 is 0 Å². The van der Waals surface area contributed by atoms with Crippen molar-refractivity contribution in [2.45, 2.75) is 33.9 Å². The molecule has 2 aliphatic heterocycles. The van der Waals surface area contributed by atoms with Crippen molar-refractivity contribution >= 4 is 11.9 Å². The van der Waals surface area contributed by atoms with Gasteiger partial charge >= 0.3 is 0 Å². The average molecular weight is 412 g/mol. The van der Waals surface area contributed by atoms with Gasteiger partial charge in [-0.05, 0) is 44.0 Å². The summed E-state index contributed by atoms with van der Waals surface area (Å²) in [6, 6.07) is 18.5. The Morgan fingerprint density at radius 1 is 0.935 bits per heavy atom. The first kappa shape index (κ1) is 19.6. The molecule has 0 saturated heterocycles. The Hall–Kier alpha value is -3.37. The number of nitrogens with zero attached hydrogens (tertiary/aromatic N) is 1. The van der Waals surface area contributed by atoms with E-state index in [1.807, 2.05) is 50.3 Å². The molecular weight excluding hydrogens is 386 g/mol. The molecule has 2 heterocycles. The lowest BCUT2D eigenvalue weighted by Crippen LogP contribution is -2.32. The quantitative estimate of drug-likeness (QED) is 0.528. The minimum atomic E-state index is -0.0721. The van der Waals surface area contributed by atoms with Crippen LogP contribution in [0.2, 0.25) is 0 Å². The first-order valence-electron chi connectivity index (χ1n) is 10.6. The molecule has 4 heteroatoms. The van der Waals surface area contributed by atoms with E-state index < -0.39 is 0 Å². The number of Topliss-reactive ketones (excluding diaryl/α,β-unsaturated/α-hetero) is 1. The Labute approximate surface area is 182 Å². The van der Waals surface area contributed by atoms with Crippen molar-refractivity contribution in [3.63, 3.8) is 0 Å². The highest BCUT2D eigenvalue weighted by atomic mass is 16.5. The van der Waals surface area contributed by atoms with Gasteiger partial charge in [0.25, 0.3) is 0 Å². The maximum Gasteiger partial charge on any atom is 0.231 e. The molecule has 31 heavy (non-hydrogen) atoms. The van der Waals surface area contributed by atoms with Gasteiger partial charge in [-0.25, -0.2) is 0 Å². The fourth-order valence-electron chi connectivity index (χ4n) is 4.16. The molecule has 2 aliphatic rings. The molecule has 3 aromatic carbocycles. The predicted molar refractivity (Wildman–Crippen MR) is 121 cm³/mol. The van der Waals surface area contributed by atoms with Crippen molar-refractivity contribution in [3.8, 4) is 11.5 Å². The number of rotatable bonds is 3. The van der Waals surface area contributed by atoms with Crippen LogP contribution < -0.4 is 9.47 Å². The minimum Gasteiger partial charge on any atom is -0.477 e. The van der Waals surface area contributed by atoms with Crippen LogP contribution >= 0.6 is 0 Å². The number of benzene rings is 3. The Balaban J connectivity index is 1.41. The number of aryl methyl sites for hydroxylation is 2. The van der Waals surface area contributed by atoms with E-state index in [1.165, 1.54) is 16.7 Å². The van der Waals surface area contributed by atoms with Crippen LogP contribution in [0.4, 0.5) is 0 Å². The predicted octanol–water partition coefficient (Wildman–Crippen LogP) is 5.58. The van der Waals surface area contributed by atoms with E-state index in [0.29, 0.717) is 23.8 Å². The van der Waals surface area contributed by atoms with Crippen LogP contribution in [0.25, 0.3) is 6.08 Å². The zero-order valence-electron chi connectivity index (χ0n) is 18.1. The fraction of sp³-hybridized carbons (Fsp3) is 0.222. The average Bonchev–Trinajstić information content (AvgIpc) is 3.07. The summed E-state index contributed by atoms with van der Waals surface area (Å²) in [5.41, 5.74) is 7.17. The summed E-state index contributed by atoms with van der Waals surface area (Å²) >= 11 is 0. The lowest BCUT2D eigenvalue weighted by Gasteiger charge is -2.30. The second kappa shape index (κ2) is 7.71. The topological polar surface area (TPSA) is 38.8 Å². The van der Waals surface area contributed by atoms with Gasteiger partial charge in [-0.1, -0.05) is 59.7 Å². The van der Waals surface area contributed by atoms with Crippen LogP contribution in [0.15, 0.2) is 60.4 Å². The molecule has 0 unspecified atom stereocenters. The normalized spacial score (nSPS) is 16.6. The Morgan fingerprint density at radius 2 is 1.61 bits per heavy atom. The van der Waals surface area contributed by atoms with Crippen molar-refractivity contribution in [2.24, 2.45) is 0 Å². The summed E-state index contributed by atoms with van der Waals surface area (Å²) in [4.78, 5) is 15.3. The van der Waals surface area contributed by atoms with Gasteiger partial charge in [-0.2, -0.15) is 0 Å². The Kier molecular flexibility index (Phi) is 4.87. The van der Waals surface area contributed by atoms with Crippen molar-refractivity contribution in [1.82, 2.24) is 4.90 Å². The van der Waals surface area contributed by atoms with E-state index in [9.17, 15) is 4.79 Å². The Morgan fingerprint density at radius 3 is 2.32 bits per heavy atom. The molecule has 0 fully saturated rings. The summed E-state index contributed by atoms with van der Waals surface area (Å²) in [6.45, 7) is 8.16. The maximum absolute atomic E-state index is 13.1.